The van der Waals surface area contributed by atoms with E-state index in [1.54, 1.807) is 36.8 Å². The summed E-state index contributed by atoms with van der Waals surface area (Å²) in [6.07, 6.45) is 6.87. The Morgan fingerprint density at radius 2 is 2.09 bits per heavy atom. The monoisotopic (exact) mass is 451 g/mol. The number of rotatable bonds is 5. The van der Waals surface area contributed by atoms with E-state index in [4.69, 9.17) is 4.74 Å². The second-order valence-corrected chi connectivity index (χ2v) is 9.45. The Labute approximate surface area is 192 Å². The first-order valence-electron chi connectivity index (χ1n) is 11.3. The predicted octanol–water partition coefficient (Wildman–Crippen LogP) is 2.26. The molecule has 1 saturated heterocycles. The summed E-state index contributed by atoms with van der Waals surface area (Å²) in [6.45, 7) is 5.23. The highest BCUT2D eigenvalue weighted by atomic mass is 16.5. The zero-order valence-corrected chi connectivity index (χ0v) is 18.9. The summed E-state index contributed by atoms with van der Waals surface area (Å²) >= 11 is 0. The third-order valence-electron chi connectivity index (χ3n) is 6.63. The number of fused-ring (bicyclic) bond motifs is 2. The van der Waals surface area contributed by atoms with Gasteiger partial charge in [-0.15, -0.1) is 0 Å². The Kier molecular flexibility index (Phi) is 5.46. The van der Waals surface area contributed by atoms with Crippen molar-refractivity contribution in [2.75, 3.05) is 29.9 Å². The van der Waals surface area contributed by atoms with E-state index >= 15 is 0 Å². The number of benzene rings is 1. The third-order valence-corrected chi connectivity index (χ3v) is 6.63. The van der Waals surface area contributed by atoms with Crippen molar-refractivity contribution in [3.8, 4) is 5.75 Å². The molecule has 2 aliphatic heterocycles. The summed E-state index contributed by atoms with van der Waals surface area (Å²) in [5.74, 6) is 0.750. The molecular weight excluding hydrogens is 422 g/mol. The summed E-state index contributed by atoms with van der Waals surface area (Å²) in [6, 6.07) is 5.67. The molecule has 174 valence electrons. The van der Waals surface area contributed by atoms with Gasteiger partial charge < -0.3 is 25.2 Å². The highest BCUT2D eigenvalue weighted by molar-refractivity contribution is 6.09. The lowest BCUT2D eigenvalue weighted by molar-refractivity contribution is -0.0229. The molecule has 5 rings (SSSR count). The van der Waals surface area contributed by atoms with E-state index in [0.29, 0.717) is 29.2 Å². The zero-order valence-electron chi connectivity index (χ0n) is 18.9. The van der Waals surface area contributed by atoms with Crippen LogP contribution in [0, 0.1) is 5.92 Å². The van der Waals surface area contributed by atoms with Gasteiger partial charge in [0.2, 0.25) is 0 Å². The fourth-order valence-electron chi connectivity index (χ4n) is 4.57. The maximum Gasteiger partial charge on any atom is 0.261 e. The first kappa shape index (κ1) is 21.7. The van der Waals surface area contributed by atoms with Gasteiger partial charge in [-0.1, -0.05) is 0 Å². The van der Waals surface area contributed by atoms with Crippen LogP contribution < -0.4 is 15.0 Å². The van der Waals surface area contributed by atoms with Gasteiger partial charge in [-0.25, -0.2) is 9.50 Å². The minimum atomic E-state index is -0.981. The Hall–Kier alpha value is -3.17. The topological polar surface area (TPSA) is 112 Å². The second kappa shape index (κ2) is 8.31. The number of amides is 1. The minimum absolute atomic E-state index is 0.194. The Bertz CT molecular complexity index is 1180. The van der Waals surface area contributed by atoms with Crippen molar-refractivity contribution in [3.05, 3.63) is 47.9 Å². The van der Waals surface area contributed by atoms with Crippen LogP contribution in [0.3, 0.4) is 0 Å². The summed E-state index contributed by atoms with van der Waals surface area (Å²) in [4.78, 5) is 19.7. The van der Waals surface area contributed by atoms with Crippen LogP contribution in [0.4, 0.5) is 11.4 Å². The molecule has 9 heteroatoms. The van der Waals surface area contributed by atoms with Crippen LogP contribution in [0.1, 0.15) is 42.6 Å². The van der Waals surface area contributed by atoms with Crippen LogP contribution in [0.15, 0.2) is 36.8 Å². The first-order chi connectivity index (χ1) is 15.8. The highest BCUT2D eigenvalue weighted by Crippen LogP contribution is 2.41. The molecule has 0 radical (unpaired) electrons. The molecule has 3 N–H and O–H groups in total. The number of aromatic nitrogens is 3. The molecule has 0 spiro atoms. The molecule has 1 amide bonds. The van der Waals surface area contributed by atoms with Gasteiger partial charge >= 0.3 is 0 Å². The van der Waals surface area contributed by atoms with E-state index in [1.165, 1.54) is 6.20 Å². The molecule has 1 aromatic carbocycles. The number of nitrogens with one attached hydrogen (secondary N) is 1. The normalized spacial score (nSPS) is 18.9. The molecule has 0 saturated carbocycles. The van der Waals surface area contributed by atoms with Crippen molar-refractivity contribution in [2.24, 2.45) is 5.92 Å². The molecule has 2 aromatic heterocycles. The van der Waals surface area contributed by atoms with E-state index in [1.807, 2.05) is 12.1 Å². The van der Waals surface area contributed by atoms with E-state index in [2.05, 4.69) is 20.3 Å². The number of aliphatic hydroxyl groups excluding tert-OH is 1. The van der Waals surface area contributed by atoms with Crippen LogP contribution in [0.5, 0.6) is 5.75 Å². The Morgan fingerprint density at radius 3 is 2.82 bits per heavy atom. The fraction of sp³-hybridized carbons (Fsp3) is 0.458. The largest absolute Gasteiger partial charge is 0.487 e. The average molecular weight is 452 g/mol. The summed E-state index contributed by atoms with van der Waals surface area (Å²) in [7, 11) is 0. The van der Waals surface area contributed by atoms with Gasteiger partial charge in [0.25, 0.3) is 5.91 Å². The molecule has 1 atom stereocenters. The molecular formula is C24H29N5O4. The first-order valence-corrected chi connectivity index (χ1v) is 11.3. The molecule has 33 heavy (non-hydrogen) atoms. The van der Waals surface area contributed by atoms with Crippen LogP contribution in [0.2, 0.25) is 0 Å². The second-order valence-electron chi connectivity index (χ2n) is 9.45. The Balaban J connectivity index is 1.48. The van der Waals surface area contributed by atoms with Crippen molar-refractivity contribution in [3.63, 3.8) is 0 Å². The average Bonchev–Trinajstić information content (AvgIpc) is 3.42. The standard InChI is InChI=1S/C24H29N5O4/c1-24(2,32)21-11-16-10-18(27-23(31)17-13-26-29-7-3-6-25-22(17)29)19(12-20(16)33-21)28-8-4-15(14-30)5-9-28/h3,6-7,10,12-13,15,21,30,32H,4-5,8-9,11,14H2,1-2H3,(H,27,31). The summed E-state index contributed by atoms with van der Waals surface area (Å²) in [5.41, 5.74) is 2.42. The highest BCUT2D eigenvalue weighted by Gasteiger charge is 2.36. The zero-order chi connectivity index (χ0) is 23.2. The lowest BCUT2D eigenvalue weighted by Gasteiger charge is -2.34. The van der Waals surface area contributed by atoms with Gasteiger partial charge in [0, 0.05) is 50.1 Å². The third kappa shape index (κ3) is 4.14. The molecule has 9 nitrogen and oxygen atoms in total. The quantitative estimate of drug-likeness (QED) is 0.545. The molecule has 3 aromatic rings. The molecule has 1 fully saturated rings. The maximum atomic E-state index is 13.2. The van der Waals surface area contributed by atoms with Gasteiger partial charge in [-0.3, -0.25) is 4.79 Å². The van der Waals surface area contributed by atoms with Crippen molar-refractivity contribution in [1.82, 2.24) is 14.6 Å². The van der Waals surface area contributed by atoms with Crippen molar-refractivity contribution >= 4 is 22.9 Å². The van der Waals surface area contributed by atoms with Crippen molar-refractivity contribution in [1.29, 1.82) is 0 Å². The van der Waals surface area contributed by atoms with Gasteiger partial charge in [-0.2, -0.15) is 5.10 Å². The molecule has 4 heterocycles. The number of hydrogen-bond acceptors (Lipinski definition) is 7. The lowest BCUT2D eigenvalue weighted by Crippen LogP contribution is -2.39. The predicted molar refractivity (Wildman–Crippen MR) is 124 cm³/mol. The summed E-state index contributed by atoms with van der Waals surface area (Å²) < 4.78 is 7.65. The number of hydrogen-bond donors (Lipinski definition) is 3. The number of aliphatic hydroxyl groups is 2. The molecule has 0 bridgehead atoms. The minimum Gasteiger partial charge on any atom is -0.487 e. The number of nitrogens with zero attached hydrogens (tertiary/aromatic N) is 4. The fourth-order valence-corrected chi connectivity index (χ4v) is 4.57. The van der Waals surface area contributed by atoms with Crippen molar-refractivity contribution < 1.29 is 19.7 Å². The van der Waals surface area contributed by atoms with Gasteiger partial charge in [-0.05, 0) is 44.7 Å². The van der Waals surface area contributed by atoms with Crippen LogP contribution in [-0.2, 0) is 6.42 Å². The summed E-state index contributed by atoms with van der Waals surface area (Å²) in [5, 5.41) is 27.3. The van der Waals surface area contributed by atoms with Gasteiger partial charge in [0.05, 0.1) is 23.2 Å². The number of ether oxygens (including phenoxy) is 1. The SMILES string of the molecule is CC(C)(O)C1Cc2cc(NC(=O)c3cnn4cccnc34)c(N3CCC(CO)CC3)cc2O1. The maximum absolute atomic E-state index is 13.2. The van der Waals surface area contributed by atoms with Gasteiger partial charge in [0.15, 0.2) is 5.65 Å². The van der Waals surface area contributed by atoms with Crippen LogP contribution >= 0.6 is 0 Å². The number of carbonyl (C=O) groups is 1. The Morgan fingerprint density at radius 1 is 1.30 bits per heavy atom. The van der Waals surface area contributed by atoms with E-state index in [9.17, 15) is 15.0 Å². The lowest BCUT2D eigenvalue weighted by atomic mass is 9.95. The van der Waals surface area contributed by atoms with Crippen molar-refractivity contribution in [2.45, 2.75) is 44.8 Å². The number of piperidine rings is 1. The smallest absolute Gasteiger partial charge is 0.261 e. The molecule has 1 unspecified atom stereocenters. The number of anilines is 2. The molecule has 0 aliphatic carbocycles. The van der Waals surface area contributed by atoms with E-state index < -0.39 is 5.60 Å². The molecule has 2 aliphatic rings. The van der Waals surface area contributed by atoms with Crippen LogP contribution in [0.25, 0.3) is 5.65 Å². The van der Waals surface area contributed by atoms with Crippen LogP contribution in [-0.4, -0.2) is 62.1 Å². The number of carbonyl (C=O) groups excluding carboxylic acids is 1. The van der Waals surface area contributed by atoms with E-state index in [0.717, 1.165) is 42.9 Å². The van der Waals surface area contributed by atoms with E-state index in [-0.39, 0.29) is 18.6 Å². The van der Waals surface area contributed by atoms with Gasteiger partial charge in [0.1, 0.15) is 17.4 Å².